The number of hydrogen-bond donors (Lipinski definition) is 1. The zero-order valence-electron chi connectivity index (χ0n) is 11.4. The molecule has 1 aromatic rings. The van der Waals surface area contributed by atoms with E-state index in [0.717, 1.165) is 5.75 Å². The number of anilines is 1. The summed E-state index contributed by atoms with van der Waals surface area (Å²) in [6.45, 7) is 7.72. The molecule has 0 fully saturated rings. The molecule has 0 bridgehead atoms. The number of nitrogens with one attached hydrogen (secondary N) is 1. The van der Waals surface area contributed by atoms with Crippen LogP contribution in [0.15, 0.2) is 24.3 Å². The number of ether oxygens (including phenoxy) is 1. The molecule has 0 saturated carbocycles. The van der Waals surface area contributed by atoms with Crippen LogP contribution in [0.1, 0.15) is 34.1 Å². The van der Waals surface area contributed by atoms with E-state index in [9.17, 15) is 8.42 Å². The van der Waals surface area contributed by atoms with Gasteiger partial charge in [0.15, 0.2) is 0 Å². The van der Waals surface area contributed by atoms with Crippen molar-refractivity contribution >= 4 is 15.7 Å². The number of rotatable bonds is 5. The van der Waals surface area contributed by atoms with Gasteiger partial charge in [-0.05, 0) is 51.5 Å². The maximum atomic E-state index is 11.6. The summed E-state index contributed by atoms with van der Waals surface area (Å²) in [6, 6.07) is 6.92. The molecule has 0 aromatic heterocycles. The molecule has 0 spiro atoms. The lowest BCUT2D eigenvalue weighted by Crippen LogP contribution is -2.22. The van der Waals surface area contributed by atoms with Crippen LogP contribution in [0, 0.1) is 0 Å². The molecule has 4 nitrogen and oxygen atoms in total. The predicted molar refractivity (Wildman–Crippen MR) is 74.5 cm³/mol. The molecule has 0 aliphatic rings. The molecule has 102 valence electrons. The van der Waals surface area contributed by atoms with Crippen LogP contribution in [-0.4, -0.2) is 19.8 Å². The molecule has 1 aromatic carbocycles. The van der Waals surface area contributed by atoms with Crippen LogP contribution >= 0.6 is 0 Å². The maximum absolute atomic E-state index is 11.6. The van der Waals surface area contributed by atoms with Gasteiger partial charge in [0, 0.05) is 5.69 Å². The molecule has 5 heteroatoms. The highest BCUT2D eigenvalue weighted by atomic mass is 32.2. The molecular formula is C13H21NO3S. The van der Waals surface area contributed by atoms with Crippen LogP contribution in [0.5, 0.6) is 5.75 Å². The monoisotopic (exact) mass is 271 g/mol. The van der Waals surface area contributed by atoms with Gasteiger partial charge in [-0.3, -0.25) is 4.72 Å². The van der Waals surface area contributed by atoms with Crippen LogP contribution in [0.4, 0.5) is 5.69 Å². The number of hydrogen-bond acceptors (Lipinski definition) is 3. The van der Waals surface area contributed by atoms with E-state index in [1.54, 1.807) is 24.3 Å². The van der Waals surface area contributed by atoms with Crippen molar-refractivity contribution < 1.29 is 13.2 Å². The molecule has 1 N–H and O–H groups in total. The molecule has 0 aliphatic carbocycles. The smallest absolute Gasteiger partial charge is 0.232 e. The third-order valence-corrected chi connectivity index (χ3v) is 3.52. The molecule has 0 saturated heterocycles. The van der Waals surface area contributed by atoms with E-state index >= 15 is 0 Å². The van der Waals surface area contributed by atoms with Crippen molar-refractivity contribution in [2.45, 2.75) is 39.7 Å². The standard InChI is InChI=1S/C13H21NO3S/c1-5-10-18(15,16)14-11-6-8-12(9-7-11)17-13(2,3)4/h6-9,14H,5,10H2,1-4H3. The Kier molecular flexibility index (Phi) is 4.62. The van der Waals surface area contributed by atoms with Crippen LogP contribution in [0.3, 0.4) is 0 Å². The van der Waals surface area contributed by atoms with Crippen molar-refractivity contribution in [1.82, 2.24) is 0 Å². The minimum atomic E-state index is -3.22. The van der Waals surface area contributed by atoms with E-state index in [0.29, 0.717) is 12.1 Å². The summed E-state index contributed by atoms with van der Waals surface area (Å²) < 4.78 is 31.3. The van der Waals surface area contributed by atoms with Gasteiger partial charge in [-0.15, -0.1) is 0 Å². The fourth-order valence-electron chi connectivity index (χ4n) is 1.44. The normalized spacial score (nSPS) is 12.2. The fraction of sp³-hybridized carbons (Fsp3) is 0.538. The molecule has 18 heavy (non-hydrogen) atoms. The lowest BCUT2D eigenvalue weighted by atomic mass is 10.2. The zero-order chi connectivity index (χ0) is 13.8. The molecule has 0 aliphatic heterocycles. The highest BCUT2D eigenvalue weighted by Gasteiger charge is 2.12. The molecule has 0 amide bonds. The first-order valence-electron chi connectivity index (χ1n) is 6.01. The molecule has 0 unspecified atom stereocenters. The Bertz CT molecular complexity index is 472. The van der Waals surface area contributed by atoms with Gasteiger partial charge in [0.2, 0.25) is 10.0 Å². The minimum absolute atomic E-state index is 0.132. The van der Waals surface area contributed by atoms with Crippen molar-refractivity contribution in [3.05, 3.63) is 24.3 Å². The Morgan fingerprint density at radius 1 is 1.17 bits per heavy atom. The minimum Gasteiger partial charge on any atom is -0.488 e. The second-order valence-corrected chi connectivity index (χ2v) is 7.00. The number of benzene rings is 1. The van der Waals surface area contributed by atoms with Crippen molar-refractivity contribution in [1.29, 1.82) is 0 Å². The molecule has 0 atom stereocenters. The maximum Gasteiger partial charge on any atom is 0.232 e. The average Bonchev–Trinajstić information content (AvgIpc) is 2.18. The van der Waals surface area contributed by atoms with Crippen molar-refractivity contribution in [3.8, 4) is 5.75 Å². The van der Waals surface area contributed by atoms with Crippen molar-refractivity contribution in [2.75, 3.05) is 10.5 Å². The summed E-state index contributed by atoms with van der Waals surface area (Å²) in [4.78, 5) is 0. The summed E-state index contributed by atoms with van der Waals surface area (Å²) >= 11 is 0. The van der Waals surface area contributed by atoms with E-state index in [4.69, 9.17) is 4.74 Å². The van der Waals surface area contributed by atoms with E-state index in [1.807, 2.05) is 27.7 Å². The second-order valence-electron chi connectivity index (χ2n) is 5.16. The van der Waals surface area contributed by atoms with Gasteiger partial charge in [0.1, 0.15) is 11.4 Å². The first-order valence-corrected chi connectivity index (χ1v) is 7.67. The van der Waals surface area contributed by atoms with E-state index in [-0.39, 0.29) is 11.4 Å². The molecular weight excluding hydrogens is 250 g/mol. The fourth-order valence-corrected chi connectivity index (χ4v) is 2.58. The van der Waals surface area contributed by atoms with Crippen molar-refractivity contribution in [3.63, 3.8) is 0 Å². The Balaban J connectivity index is 2.72. The highest BCUT2D eigenvalue weighted by Crippen LogP contribution is 2.21. The van der Waals surface area contributed by atoms with Gasteiger partial charge in [-0.2, -0.15) is 0 Å². The van der Waals surface area contributed by atoms with Crippen LogP contribution in [-0.2, 0) is 10.0 Å². The predicted octanol–water partition coefficient (Wildman–Crippen LogP) is 3.02. The lowest BCUT2D eigenvalue weighted by molar-refractivity contribution is 0.131. The molecule has 0 heterocycles. The average molecular weight is 271 g/mol. The Morgan fingerprint density at radius 2 is 1.72 bits per heavy atom. The van der Waals surface area contributed by atoms with E-state index in [2.05, 4.69) is 4.72 Å². The summed E-state index contributed by atoms with van der Waals surface area (Å²) in [7, 11) is -3.22. The second kappa shape index (κ2) is 5.61. The van der Waals surface area contributed by atoms with E-state index in [1.165, 1.54) is 0 Å². The van der Waals surface area contributed by atoms with Crippen LogP contribution in [0.2, 0.25) is 0 Å². The van der Waals surface area contributed by atoms with Crippen LogP contribution < -0.4 is 9.46 Å². The van der Waals surface area contributed by atoms with Gasteiger partial charge >= 0.3 is 0 Å². The van der Waals surface area contributed by atoms with Gasteiger partial charge in [0.25, 0.3) is 0 Å². The summed E-state index contributed by atoms with van der Waals surface area (Å²) in [5, 5.41) is 0. The Morgan fingerprint density at radius 3 is 2.17 bits per heavy atom. The van der Waals surface area contributed by atoms with Crippen LogP contribution in [0.25, 0.3) is 0 Å². The first kappa shape index (κ1) is 14.8. The molecule has 0 radical (unpaired) electrons. The van der Waals surface area contributed by atoms with Gasteiger partial charge < -0.3 is 4.74 Å². The SMILES string of the molecule is CCCS(=O)(=O)Nc1ccc(OC(C)(C)C)cc1. The third kappa shape index (κ3) is 5.40. The van der Waals surface area contributed by atoms with Gasteiger partial charge in [-0.25, -0.2) is 8.42 Å². The lowest BCUT2D eigenvalue weighted by Gasteiger charge is -2.21. The van der Waals surface area contributed by atoms with E-state index < -0.39 is 10.0 Å². The summed E-state index contributed by atoms with van der Waals surface area (Å²) in [5.41, 5.74) is 0.299. The Labute approximate surface area is 109 Å². The first-order chi connectivity index (χ1) is 8.22. The van der Waals surface area contributed by atoms with Crippen molar-refractivity contribution in [2.24, 2.45) is 0 Å². The van der Waals surface area contributed by atoms with Gasteiger partial charge in [-0.1, -0.05) is 6.92 Å². The number of sulfonamides is 1. The summed E-state index contributed by atoms with van der Waals surface area (Å²) in [5.74, 6) is 0.855. The quantitative estimate of drug-likeness (QED) is 0.895. The zero-order valence-corrected chi connectivity index (χ0v) is 12.2. The topological polar surface area (TPSA) is 55.4 Å². The van der Waals surface area contributed by atoms with Gasteiger partial charge in [0.05, 0.1) is 5.75 Å². The molecule has 1 rings (SSSR count). The third-order valence-electron chi connectivity index (χ3n) is 2.02. The Hall–Kier alpha value is -1.23. The summed E-state index contributed by atoms with van der Waals surface area (Å²) in [6.07, 6.45) is 0.598. The largest absolute Gasteiger partial charge is 0.488 e. The highest BCUT2D eigenvalue weighted by molar-refractivity contribution is 7.92.